The van der Waals surface area contributed by atoms with E-state index in [4.69, 9.17) is 7.10 Å². The van der Waals surface area contributed by atoms with E-state index >= 15 is 0 Å². The van der Waals surface area contributed by atoms with Gasteiger partial charge in [0.25, 0.3) is 0 Å². The van der Waals surface area contributed by atoms with Crippen molar-refractivity contribution in [1.82, 2.24) is 0 Å². The Morgan fingerprint density at radius 3 is 2.71 bits per heavy atom. The Morgan fingerprint density at radius 2 is 2.07 bits per heavy atom. The van der Waals surface area contributed by atoms with Crippen molar-refractivity contribution < 1.29 is 6.17 Å². The number of benzene rings is 2. The first-order valence-electron chi connectivity index (χ1n) is 10.5. The number of nitrogens with zero attached hydrogens (tertiary/aromatic N) is 1. The average Bonchev–Trinajstić information content (AvgIpc) is 2.62. The molecular weight excluding hydrogens is 364 g/mol. The normalized spacial score (nSPS) is 15.8. The number of fused-ring (bicyclic) bond motifs is 1. The number of carbonyl (C=O) groups excluding carboxylic acids is 1. The maximum Gasteiger partial charge on any atom is 0.225 e. The van der Waals surface area contributed by atoms with Gasteiger partial charge in [0.05, 0.1) is 7.29 Å². The Labute approximate surface area is 175 Å². The van der Waals surface area contributed by atoms with Crippen LogP contribution < -0.4 is 10.6 Å². The molecular formula is C24H32N2OS. The molecule has 2 aromatic rings. The number of rotatable bonds is 5. The Hall–Kier alpha value is -1.94. The fraction of sp³-hybridized carbons (Fsp3) is 0.458. The smallest absolute Gasteiger partial charge is 0.225 e. The van der Waals surface area contributed by atoms with Crippen molar-refractivity contribution in [2.24, 2.45) is 11.1 Å². The highest BCUT2D eigenvalue weighted by molar-refractivity contribution is 7.99. The van der Waals surface area contributed by atoms with Crippen LogP contribution in [0.2, 0.25) is 0 Å². The third kappa shape index (κ3) is 4.22. The Balaban J connectivity index is 2.03. The highest BCUT2D eigenvalue weighted by Gasteiger charge is 2.34. The zero-order chi connectivity index (χ0) is 21.3. The lowest BCUT2D eigenvalue weighted by molar-refractivity contribution is -0.121. The van der Waals surface area contributed by atoms with E-state index in [-0.39, 0.29) is 17.2 Å². The number of hydrogen-bond acceptors (Lipinski definition) is 3. The summed E-state index contributed by atoms with van der Waals surface area (Å²) in [7, 11) is 0. The molecule has 4 heteroatoms. The minimum atomic E-state index is -0.321. The second-order valence-corrected chi connectivity index (χ2v) is 9.98. The fourth-order valence-corrected chi connectivity index (χ4v) is 5.18. The molecule has 0 spiro atoms. The van der Waals surface area contributed by atoms with Crippen LogP contribution in [0.3, 0.4) is 0 Å². The van der Waals surface area contributed by atoms with Crippen LogP contribution in [-0.2, 0) is 17.8 Å². The maximum absolute atomic E-state index is 12.4. The maximum atomic E-state index is 12.4. The zero-order valence-electron chi connectivity index (χ0n) is 18.6. The lowest BCUT2D eigenvalue weighted by atomic mass is 9.74. The monoisotopic (exact) mass is 397 g/mol. The molecule has 0 aliphatic carbocycles. The van der Waals surface area contributed by atoms with Crippen LogP contribution in [0, 0.1) is 12.3 Å². The summed E-state index contributed by atoms with van der Waals surface area (Å²) in [6.45, 7) is 12.2. The summed E-state index contributed by atoms with van der Waals surface area (Å²) in [6, 6.07) is 10.9. The molecule has 1 aliphatic heterocycles. The van der Waals surface area contributed by atoms with E-state index in [1.54, 1.807) is 11.8 Å². The van der Waals surface area contributed by atoms with Crippen LogP contribution in [0.5, 0.6) is 0 Å². The van der Waals surface area contributed by atoms with Gasteiger partial charge in [0.1, 0.15) is 0 Å². The summed E-state index contributed by atoms with van der Waals surface area (Å²) in [6.07, 6.45) is 0.985. The molecule has 0 saturated heterocycles. The predicted octanol–water partition coefficient (Wildman–Crippen LogP) is 5.28. The predicted molar refractivity (Wildman–Crippen MR) is 120 cm³/mol. The second kappa shape index (κ2) is 8.20. The molecule has 0 fully saturated rings. The summed E-state index contributed by atoms with van der Waals surface area (Å²) in [4.78, 5) is 15.9. The summed E-state index contributed by atoms with van der Waals surface area (Å²) >= 11 is 1.78. The van der Waals surface area contributed by atoms with Crippen molar-refractivity contribution in [2.75, 3.05) is 17.2 Å². The van der Waals surface area contributed by atoms with Gasteiger partial charge in [0.15, 0.2) is 0 Å². The van der Waals surface area contributed by atoms with Crippen molar-refractivity contribution >= 4 is 23.4 Å². The molecule has 1 heterocycles. The summed E-state index contributed by atoms with van der Waals surface area (Å²) < 4.78 is 7.94. The Morgan fingerprint density at radius 1 is 1.32 bits per heavy atom. The molecule has 3 nitrogen and oxygen atoms in total. The first-order chi connectivity index (χ1) is 13.6. The van der Waals surface area contributed by atoms with Crippen molar-refractivity contribution in [3.05, 3.63) is 58.6 Å². The number of primary amides is 1. The minimum absolute atomic E-state index is 0.240. The van der Waals surface area contributed by atoms with Crippen molar-refractivity contribution in [3.63, 3.8) is 0 Å². The fourth-order valence-electron chi connectivity index (χ4n) is 4.23. The van der Waals surface area contributed by atoms with Gasteiger partial charge in [-0.1, -0.05) is 51.9 Å². The van der Waals surface area contributed by atoms with Gasteiger partial charge >= 0.3 is 0 Å². The van der Waals surface area contributed by atoms with Crippen LogP contribution in [-0.4, -0.2) is 18.2 Å². The van der Waals surface area contributed by atoms with E-state index in [2.05, 4.69) is 57.7 Å². The lowest BCUT2D eigenvalue weighted by Crippen LogP contribution is -2.33. The number of aryl methyl sites for hydroxylation is 1. The zero-order valence-corrected chi connectivity index (χ0v) is 18.5. The molecule has 0 saturated carbocycles. The topological polar surface area (TPSA) is 46.3 Å². The van der Waals surface area contributed by atoms with Gasteiger partial charge < -0.3 is 10.6 Å². The molecule has 1 atom stereocenters. The van der Waals surface area contributed by atoms with Crippen LogP contribution in [0.15, 0.2) is 41.3 Å². The largest absolute Gasteiger partial charge is 0.369 e. The van der Waals surface area contributed by atoms with Crippen LogP contribution in [0.25, 0.3) is 0 Å². The number of anilines is 1. The quantitative estimate of drug-likeness (QED) is 0.698. The van der Waals surface area contributed by atoms with Gasteiger partial charge in [-0.2, -0.15) is 0 Å². The summed E-state index contributed by atoms with van der Waals surface area (Å²) in [5.74, 6) is 0.357. The number of thioether (sulfide) groups is 1. The van der Waals surface area contributed by atoms with Gasteiger partial charge in [0, 0.05) is 23.7 Å². The molecule has 0 aromatic heterocycles. The van der Waals surface area contributed by atoms with E-state index in [1.807, 2.05) is 12.1 Å². The van der Waals surface area contributed by atoms with E-state index in [0.29, 0.717) is 6.04 Å². The molecule has 1 unspecified atom stereocenters. The van der Waals surface area contributed by atoms with Crippen LogP contribution >= 0.6 is 11.8 Å². The number of nitrogens with two attached hydrogens (primary N) is 1. The van der Waals surface area contributed by atoms with Gasteiger partial charge in [-0.25, -0.2) is 0 Å². The molecule has 3 rings (SSSR count). The Kier molecular flexibility index (Phi) is 5.68. The van der Waals surface area contributed by atoms with Gasteiger partial charge in [-0.3, -0.25) is 4.79 Å². The van der Waals surface area contributed by atoms with Crippen molar-refractivity contribution in [3.8, 4) is 0 Å². The van der Waals surface area contributed by atoms with Gasteiger partial charge in [-0.05, 0) is 58.9 Å². The Bertz CT molecular complexity index is 920. The van der Waals surface area contributed by atoms with E-state index in [9.17, 15) is 4.79 Å². The highest BCUT2D eigenvalue weighted by Crippen LogP contribution is 2.43. The molecule has 0 bridgehead atoms. The third-order valence-corrected chi connectivity index (χ3v) is 6.44. The van der Waals surface area contributed by atoms with Crippen LogP contribution in [0.4, 0.5) is 5.69 Å². The first-order valence-corrected chi connectivity index (χ1v) is 11.0. The second-order valence-electron chi connectivity index (χ2n) is 8.68. The number of hydrogen-bond donors (Lipinski definition) is 1. The molecule has 1 amide bonds. The highest BCUT2D eigenvalue weighted by atomic mass is 32.2. The molecule has 28 heavy (non-hydrogen) atoms. The molecule has 2 aromatic carbocycles. The minimum Gasteiger partial charge on any atom is -0.369 e. The van der Waals surface area contributed by atoms with Gasteiger partial charge in [-0.15, -0.1) is 11.8 Å². The summed E-state index contributed by atoms with van der Waals surface area (Å²) in [5.41, 5.74) is 11.6. The molecule has 150 valence electrons. The molecule has 1 aliphatic rings. The lowest BCUT2D eigenvalue weighted by Gasteiger charge is -2.34. The van der Waals surface area contributed by atoms with E-state index in [1.165, 1.54) is 16.8 Å². The van der Waals surface area contributed by atoms with E-state index < -0.39 is 0 Å². The molecule has 2 N–H and O–H groups in total. The van der Waals surface area contributed by atoms with E-state index in [0.717, 1.165) is 41.3 Å². The van der Waals surface area contributed by atoms with Crippen LogP contribution in [0.1, 0.15) is 57.2 Å². The van der Waals surface area contributed by atoms with Gasteiger partial charge in [0.2, 0.25) is 5.91 Å². The average molecular weight is 398 g/mol. The van der Waals surface area contributed by atoms with Crippen molar-refractivity contribution in [1.29, 1.82) is 0 Å². The third-order valence-electron chi connectivity index (χ3n) is 5.50. The first kappa shape index (κ1) is 19.4. The summed E-state index contributed by atoms with van der Waals surface area (Å²) in [5, 5.41) is 0. The number of amides is 1. The number of carbonyl (C=O) groups is 1. The standard InChI is InChI=1S/C24H32N2OS/c1-6-28-20-14-19(26-12-11-17-9-7-8-10-18(17)15-26)13-16(2)21(20)22(23(25)27)24(3,4)5/h7-10,13-14,22H,6,11-12,15H2,1-5H3,(H2,25,27)/i8D. The SMILES string of the molecule is [2H]c1ccc2c(c1)CN(c1cc(C)c(C(C(N)=O)C(C)(C)C)c(SCC)c1)CC2. The molecule has 0 radical (unpaired) electrons. The van der Waals surface area contributed by atoms with Crippen molar-refractivity contribution in [2.45, 2.75) is 58.4 Å².